The van der Waals surface area contributed by atoms with Crippen molar-refractivity contribution in [1.82, 2.24) is 0 Å². The van der Waals surface area contributed by atoms with E-state index in [4.69, 9.17) is 9.94 Å². The van der Waals surface area contributed by atoms with Gasteiger partial charge in [0.2, 0.25) is 0 Å². The molecule has 1 unspecified atom stereocenters. The first kappa shape index (κ1) is 7.43. The van der Waals surface area contributed by atoms with Crippen molar-refractivity contribution in [2.45, 2.75) is 20.0 Å². The Hall–Kier alpha value is -0.570. The van der Waals surface area contributed by atoms with Crippen molar-refractivity contribution >= 4 is 6.21 Å². The second-order valence-electron chi connectivity index (χ2n) is 1.52. The molecule has 8 heavy (non-hydrogen) atoms. The number of nitrogens with zero attached hydrogens (tertiary/aromatic N) is 1. The van der Waals surface area contributed by atoms with Gasteiger partial charge >= 0.3 is 0 Å². The fourth-order valence-electron chi connectivity index (χ4n) is 0.0962. The maximum absolute atomic E-state index is 7.44. The first-order valence-electron chi connectivity index (χ1n) is 2.55. The Labute approximate surface area is 49.0 Å². The summed E-state index contributed by atoms with van der Waals surface area (Å²) in [6.45, 7) is 4.68. The summed E-state index contributed by atoms with van der Waals surface area (Å²) in [5, 5.41) is 10.1. The summed E-state index contributed by atoms with van der Waals surface area (Å²) < 4.78 is 4.71. The molecule has 0 aromatic heterocycles. The van der Waals surface area contributed by atoms with Gasteiger partial charge in [0.15, 0.2) is 0 Å². The third kappa shape index (κ3) is 9.06. The smallest absolute Gasteiger partial charge is 0.0781 e. The Morgan fingerprint density at radius 3 is 2.12 bits per heavy atom. The molecule has 3 nitrogen and oxygen atoms in total. The van der Waals surface area contributed by atoms with Crippen LogP contribution in [0.5, 0.6) is 0 Å². The highest BCUT2D eigenvalue weighted by atomic mass is 16.6. The zero-order valence-electron chi connectivity index (χ0n) is 5.16. The SMILES string of the molecule is CC1CO1.CC=NO. The predicted octanol–water partition coefficient (Wildman–Crippen LogP) is 0.871. The standard InChI is InChI=1S/C3H6O.C2H5NO/c1-3-2-4-3;1-2-3-4/h3H,2H2,1H3;2,4H,1H3. The number of oxime groups is 1. The molecule has 1 aliphatic rings. The zero-order valence-corrected chi connectivity index (χ0v) is 5.16. The average Bonchev–Trinajstić information content (AvgIpc) is 2.52. The van der Waals surface area contributed by atoms with Crippen molar-refractivity contribution in [3.63, 3.8) is 0 Å². The molecular weight excluding hydrogens is 106 g/mol. The Balaban J connectivity index is 0.000000122. The highest BCUT2D eigenvalue weighted by molar-refractivity contribution is 5.51. The fraction of sp³-hybridized carbons (Fsp3) is 0.800. The van der Waals surface area contributed by atoms with E-state index in [0.29, 0.717) is 6.10 Å². The second kappa shape index (κ2) is 4.59. The highest BCUT2D eigenvalue weighted by Crippen LogP contribution is 2.04. The van der Waals surface area contributed by atoms with E-state index in [2.05, 4.69) is 12.1 Å². The lowest BCUT2D eigenvalue weighted by molar-refractivity contribution is 0.321. The van der Waals surface area contributed by atoms with E-state index in [9.17, 15) is 0 Å². The molecule has 0 aromatic carbocycles. The van der Waals surface area contributed by atoms with Gasteiger partial charge in [-0.15, -0.1) is 5.16 Å². The van der Waals surface area contributed by atoms with Crippen molar-refractivity contribution in [2.75, 3.05) is 6.61 Å². The number of rotatable bonds is 0. The van der Waals surface area contributed by atoms with E-state index in [0.717, 1.165) is 6.61 Å². The Bertz CT molecular complexity index is 64.8. The molecule has 0 aromatic rings. The van der Waals surface area contributed by atoms with Gasteiger partial charge in [-0.2, -0.15) is 0 Å². The molecule has 0 aliphatic carbocycles. The number of ether oxygens (including phenoxy) is 1. The van der Waals surface area contributed by atoms with Crippen molar-refractivity contribution < 1.29 is 9.94 Å². The van der Waals surface area contributed by atoms with Gasteiger partial charge in [0.1, 0.15) is 0 Å². The van der Waals surface area contributed by atoms with Gasteiger partial charge < -0.3 is 9.94 Å². The maximum Gasteiger partial charge on any atom is 0.0781 e. The Morgan fingerprint density at radius 1 is 1.88 bits per heavy atom. The molecule has 1 fully saturated rings. The largest absolute Gasteiger partial charge is 0.411 e. The molecule has 1 N–H and O–H groups in total. The molecular formula is C5H11NO2. The minimum absolute atomic E-state index is 0.583. The van der Waals surface area contributed by atoms with Crippen molar-refractivity contribution in [3.05, 3.63) is 0 Å². The van der Waals surface area contributed by atoms with Crippen LogP contribution in [0.1, 0.15) is 13.8 Å². The Kier molecular flexibility index (Phi) is 4.26. The maximum atomic E-state index is 7.44. The van der Waals surface area contributed by atoms with Crippen LogP contribution in [0.25, 0.3) is 0 Å². The first-order chi connectivity index (χ1) is 3.81. The normalized spacial score (nSPS) is 24.5. The fourth-order valence-corrected chi connectivity index (χ4v) is 0.0962. The second-order valence-corrected chi connectivity index (χ2v) is 1.52. The van der Waals surface area contributed by atoms with E-state index in [1.807, 2.05) is 0 Å². The molecule has 0 amide bonds. The summed E-state index contributed by atoms with van der Waals surface area (Å²) in [6, 6.07) is 0. The first-order valence-corrected chi connectivity index (χ1v) is 2.55. The average molecular weight is 117 g/mol. The van der Waals surface area contributed by atoms with E-state index in [1.54, 1.807) is 6.92 Å². The molecule has 1 rings (SSSR count). The van der Waals surface area contributed by atoms with Crippen LogP contribution in [0, 0.1) is 0 Å². The predicted molar refractivity (Wildman–Crippen MR) is 31.4 cm³/mol. The summed E-state index contributed by atoms with van der Waals surface area (Å²) in [4.78, 5) is 0. The van der Waals surface area contributed by atoms with Crippen molar-refractivity contribution in [1.29, 1.82) is 0 Å². The molecule has 1 heterocycles. The van der Waals surface area contributed by atoms with Gasteiger partial charge in [-0.1, -0.05) is 0 Å². The summed E-state index contributed by atoms with van der Waals surface area (Å²) in [5.41, 5.74) is 0. The molecule has 1 saturated heterocycles. The number of hydrogen-bond acceptors (Lipinski definition) is 3. The van der Waals surface area contributed by atoms with Crippen molar-refractivity contribution in [3.8, 4) is 0 Å². The van der Waals surface area contributed by atoms with Crippen LogP contribution in [-0.4, -0.2) is 24.1 Å². The van der Waals surface area contributed by atoms with Crippen LogP contribution in [0.3, 0.4) is 0 Å². The lowest BCUT2D eigenvalue weighted by Gasteiger charge is -1.54. The Morgan fingerprint density at radius 2 is 2.12 bits per heavy atom. The van der Waals surface area contributed by atoms with Crippen LogP contribution in [0.4, 0.5) is 0 Å². The molecule has 0 radical (unpaired) electrons. The van der Waals surface area contributed by atoms with E-state index >= 15 is 0 Å². The van der Waals surface area contributed by atoms with Gasteiger partial charge in [0.25, 0.3) is 0 Å². The van der Waals surface area contributed by atoms with E-state index in [-0.39, 0.29) is 0 Å². The van der Waals surface area contributed by atoms with Crippen LogP contribution in [0.15, 0.2) is 5.16 Å². The van der Waals surface area contributed by atoms with Gasteiger partial charge in [-0.05, 0) is 13.8 Å². The topological polar surface area (TPSA) is 45.1 Å². The van der Waals surface area contributed by atoms with E-state index < -0.39 is 0 Å². The van der Waals surface area contributed by atoms with Crippen LogP contribution >= 0.6 is 0 Å². The monoisotopic (exact) mass is 117 g/mol. The number of hydrogen-bond donors (Lipinski definition) is 1. The van der Waals surface area contributed by atoms with E-state index in [1.165, 1.54) is 6.21 Å². The van der Waals surface area contributed by atoms with Crippen molar-refractivity contribution in [2.24, 2.45) is 5.16 Å². The third-order valence-corrected chi connectivity index (χ3v) is 0.615. The summed E-state index contributed by atoms with van der Waals surface area (Å²) in [6.07, 6.45) is 1.89. The summed E-state index contributed by atoms with van der Waals surface area (Å²) >= 11 is 0. The minimum Gasteiger partial charge on any atom is -0.411 e. The van der Waals surface area contributed by atoms with Crippen LogP contribution in [-0.2, 0) is 4.74 Å². The molecule has 0 bridgehead atoms. The highest BCUT2D eigenvalue weighted by Gasteiger charge is 2.13. The van der Waals surface area contributed by atoms with Gasteiger partial charge in [-0.25, -0.2) is 0 Å². The molecule has 0 saturated carbocycles. The molecule has 48 valence electrons. The minimum atomic E-state index is 0.583. The lowest BCUT2D eigenvalue weighted by atomic mass is 10.6. The van der Waals surface area contributed by atoms with Gasteiger partial charge in [0, 0.05) is 6.21 Å². The van der Waals surface area contributed by atoms with Crippen LogP contribution in [0.2, 0.25) is 0 Å². The van der Waals surface area contributed by atoms with Gasteiger partial charge in [0.05, 0.1) is 12.7 Å². The zero-order chi connectivity index (χ0) is 6.41. The number of epoxide rings is 1. The molecule has 0 spiro atoms. The molecule has 3 heteroatoms. The summed E-state index contributed by atoms with van der Waals surface area (Å²) in [7, 11) is 0. The molecule has 1 atom stereocenters. The van der Waals surface area contributed by atoms with Crippen LogP contribution < -0.4 is 0 Å². The third-order valence-electron chi connectivity index (χ3n) is 0.615. The van der Waals surface area contributed by atoms with Gasteiger partial charge in [-0.3, -0.25) is 0 Å². The lowest BCUT2D eigenvalue weighted by Crippen LogP contribution is -1.60. The molecule has 1 aliphatic heterocycles. The summed E-state index contributed by atoms with van der Waals surface area (Å²) in [5.74, 6) is 0. The quantitative estimate of drug-likeness (QED) is 0.221.